The molecule has 1 fully saturated rings. The molecule has 1 aromatic rings. The number of likely N-dealkylation sites (tertiary alicyclic amines) is 1. The first-order valence-electron chi connectivity index (χ1n) is 6.76. The lowest BCUT2D eigenvalue weighted by Gasteiger charge is -2.31. The van der Waals surface area contributed by atoms with Crippen molar-refractivity contribution in [2.45, 2.75) is 19.3 Å². The molecule has 0 radical (unpaired) electrons. The Balaban J connectivity index is 1.95. The maximum Gasteiger partial charge on any atom is 0.298 e. The van der Waals surface area contributed by atoms with E-state index >= 15 is 0 Å². The van der Waals surface area contributed by atoms with E-state index in [0.717, 1.165) is 37.9 Å². The third-order valence-corrected chi connectivity index (χ3v) is 3.43. The number of aliphatic hydroxyl groups is 1. The summed E-state index contributed by atoms with van der Waals surface area (Å²) in [7, 11) is 0. The van der Waals surface area contributed by atoms with E-state index < -0.39 is 0 Å². The van der Waals surface area contributed by atoms with Gasteiger partial charge >= 0.3 is 0 Å². The number of carbonyl (C=O) groups excluding carboxylic acids is 1. The predicted octanol–water partition coefficient (Wildman–Crippen LogP) is 1.66. The molecule has 0 spiro atoms. The molecule has 1 N–H and O–H groups in total. The molecule has 0 bridgehead atoms. The smallest absolute Gasteiger partial charge is 0.298 e. The Labute approximate surface area is 114 Å². The van der Waals surface area contributed by atoms with Gasteiger partial charge in [0.25, 0.3) is 5.91 Å². The van der Waals surface area contributed by atoms with E-state index in [4.69, 9.17) is 5.11 Å². The van der Waals surface area contributed by atoms with E-state index in [9.17, 15) is 4.79 Å². The molecule has 2 rings (SSSR count). The number of nitrogens with zero attached hydrogens (tertiary/aromatic N) is 1. The predicted molar refractivity (Wildman–Crippen MR) is 74.3 cm³/mol. The Morgan fingerprint density at radius 1 is 1.37 bits per heavy atom. The van der Waals surface area contributed by atoms with E-state index in [1.807, 2.05) is 30.3 Å². The van der Waals surface area contributed by atoms with E-state index in [-0.39, 0.29) is 12.5 Å². The fourth-order valence-electron chi connectivity index (χ4n) is 2.39. The van der Waals surface area contributed by atoms with Gasteiger partial charge in [-0.15, -0.1) is 0 Å². The third-order valence-electron chi connectivity index (χ3n) is 3.43. The van der Waals surface area contributed by atoms with Crippen LogP contribution in [0.15, 0.2) is 30.3 Å². The van der Waals surface area contributed by atoms with Crippen LogP contribution in [0.25, 0.3) is 0 Å². The molecule has 1 atom stereocenters. The van der Waals surface area contributed by atoms with E-state index in [2.05, 4.69) is 11.8 Å². The summed E-state index contributed by atoms with van der Waals surface area (Å²) in [5.41, 5.74) is 0.861. The number of rotatable bonds is 2. The summed E-state index contributed by atoms with van der Waals surface area (Å²) in [5, 5.41) is 8.96. The maximum atomic E-state index is 12.0. The van der Waals surface area contributed by atoms with Crippen molar-refractivity contribution < 1.29 is 9.90 Å². The quantitative estimate of drug-likeness (QED) is 0.819. The number of benzene rings is 1. The van der Waals surface area contributed by atoms with Gasteiger partial charge in [-0.1, -0.05) is 24.1 Å². The summed E-state index contributed by atoms with van der Waals surface area (Å²) < 4.78 is 0. The average molecular weight is 257 g/mol. The number of hydrogen-bond acceptors (Lipinski definition) is 2. The van der Waals surface area contributed by atoms with Crippen LogP contribution in [0.5, 0.6) is 0 Å². The zero-order valence-electron chi connectivity index (χ0n) is 11.0. The Morgan fingerprint density at radius 3 is 2.89 bits per heavy atom. The molecule has 1 saturated heterocycles. The zero-order valence-corrected chi connectivity index (χ0v) is 11.0. The maximum absolute atomic E-state index is 12.0. The molecule has 0 saturated carbocycles. The van der Waals surface area contributed by atoms with Crippen molar-refractivity contribution in [3.63, 3.8) is 0 Å². The zero-order chi connectivity index (χ0) is 13.5. The highest BCUT2D eigenvalue weighted by Crippen LogP contribution is 2.19. The van der Waals surface area contributed by atoms with Crippen molar-refractivity contribution in [2.75, 3.05) is 19.7 Å². The molecule has 19 heavy (non-hydrogen) atoms. The lowest BCUT2D eigenvalue weighted by molar-refractivity contribution is -0.126. The Kier molecular flexibility index (Phi) is 5.00. The van der Waals surface area contributed by atoms with Crippen molar-refractivity contribution in [3.05, 3.63) is 35.9 Å². The summed E-state index contributed by atoms with van der Waals surface area (Å²) in [4.78, 5) is 13.8. The van der Waals surface area contributed by atoms with E-state index in [1.54, 1.807) is 4.90 Å². The van der Waals surface area contributed by atoms with Crippen LogP contribution in [0.1, 0.15) is 24.8 Å². The average Bonchev–Trinajstić information content (AvgIpc) is 2.46. The highest BCUT2D eigenvalue weighted by molar-refractivity contribution is 5.94. The van der Waals surface area contributed by atoms with Crippen molar-refractivity contribution in [3.8, 4) is 11.8 Å². The minimum atomic E-state index is -0.105. The number of piperidine rings is 1. The van der Waals surface area contributed by atoms with Crippen LogP contribution in [0.3, 0.4) is 0 Å². The van der Waals surface area contributed by atoms with Crippen LogP contribution in [-0.2, 0) is 4.79 Å². The molecule has 1 amide bonds. The normalized spacial score (nSPS) is 18.6. The summed E-state index contributed by atoms with van der Waals surface area (Å²) in [6.45, 7) is 1.70. The van der Waals surface area contributed by atoms with Crippen LogP contribution in [0.4, 0.5) is 0 Å². The van der Waals surface area contributed by atoms with Gasteiger partial charge in [0.2, 0.25) is 0 Å². The van der Waals surface area contributed by atoms with E-state index in [0.29, 0.717) is 5.92 Å². The molecular weight excluding hydrogens is 238 g/mol. The second kappa shape index (κ2) is 6.96. The highest BCUT2D eigenvalue weighted by Gasteiger charge is 2.22. The van der Waals surface area contributed by atoms with Crippen LogP contribution in [0.2, 0.25) is 0 Å². The fraction of sp³-hybridized carbons (Fsp3) is 0.438. The molecule has 1 heterocycles. The third kappa shape index (κ3) is 4.11. The van der Waals surface area contributed by atoms with Gasteiger partial charge in [0, 0.05) is 31.2 Å². The summed E-state index contributed by atoms with van der Waals surface area (Å²) in [6.07, 6.45) is 2.87. The molecule has 0 aliphatic carbocycles. The van der Waals surface area contributed by atoms with Crippen molar-refractivity contribution in [1.82, 2.24) is 4.90 Å². The molecule has 0 aromatic heterocycles. The van der Waals surface area contributed by atoms with Gasteiger partial charge in [-0.25, -0.2) is 0 Å². The molecule has 1 aromatic carbocycles. The van der Waals surface area contributed by atoms with Gasteiger partial charge in [-0.05, 0) is 37.3 Å². The Hall–Kier alpha value is -1.79. The Bertz CT molecular complexity index is 471. The topological polar surface area (TPSA) is 40.5 Å². The minimum absolute atomic E-state index is 0.105. The second-order valence-electron chi connectivity index (χ2n) is 4.89. The first-order valence-corrected chi connectivity index (χ1v) is 6.76. The first kappa shape index (κ1) is 13.6. The number of hydrogen-bond donors (Lipinski definition) is 1. The molecule has 1 aliphatic heterocycles. The van der Waals surface area contributed by atoms with Crippen LogP contribution < -0.4 is 0 Å². The van der Waals surface area contributed by atoms with Gasteiger partial charge in [-0.3, -0.25) is 4.79 Å². The lowest BCUT2D eigenvalue weighted by Crippen LogP contribution is -2.39. The highest BCUT2D eigenvalue weighted by atomic mass is 16.3. The SMILES string of the molecule is O=C(C#Cc1ccccc1)N1CCCC(CCO)C1. The number of amides is 1. The standard InChI is InChI=1S/C16H19NO2/c18-12-10-15-7-4-11-17(13-15)16(19)9-8-14-5-2-1-3-6-14/h1-3,5-6,15,18H,4,7,10-13H2. The van der Waals surface area contributed by atoms with E-state index in [1.165, 1.54) is 0 Å². The minimum Gasteiger partial charge on any atom is -0.396 e. The second-order valence-corrected chi connectivity index (χ2v) is 4.89. The Morgan fingerprint density at radius 2 is 2.16 bits per heavy atom. The van der Waals surface area contributed by atoms with Crippen LogP contribution in [-0.4, -0.2) is 35.6 Å². The first-order chi connectivity index (χ1) is 9.29. The fourth-order valence-corrected chi connectivity index (χ4v) is 2.39. The molecule has 1 unspecified atom stereocenters. The largest absolute Gasteiger partial charge is 0.396 e. The molecule has 3 nitrogen and oxygen atoms in total. The van der Waals surface area contributed by atoms with Crippen molar-refractivity contribution >= 4 is 5.91 Å². The van der Waals surface area contributed by atoms with Gasteiger partial charge in [-0.2, -0.15) is 0 Å². The van der Waals surface area contributed by atoms with Gasteiger partial charge in [0.05, 0.1) is 0 Å². The number of carbonyl (C=O) groups is 1. The molecule has 100 valence electrons. The van der Waals surface area contributed by atoms with Crippen LogP contribution in [0, 0.1) is 17.8 Å². The summed E-state index contributed by atoms with van der Waals surface area (Å²) in [6, 6.07) is 9.53. The van der Waals surface area contributed by atoms with Crippen molar-refractivity contribution in [1.29, 1.82) is 0 Å². The molecule has 3 heteroatoms. The van der Waals surface area contributed by atoms with Gasteiger partial charge in [0.15, 0.2) is 0 Å². The van der Waals surface area contributed by atoms with Gasteiger partial charge in [0.1, 0.15) is 0 Å². The number of aliphatic hydroxyl groups excluding tert-OH is 1. The molecular formula is C16H19NO2. The molecule has 1 aliphatic rings. The monoisotopic (exact) mass is 257 g/mol. The summed E-state index contributed by atoms with van der Waals surface area (Å²) in [5.74, 6) is 5.92. The lowest BCUT2D eigenvalue weighted by atomic mass is 9.95. The van der Waals surface area contributed by atoms with Gasteiger partial charge < -0.3 is 10.0 Å². The van der Waals surface area contributed by atoms with Crippen molar-refractivity contribution in [2.24, 2.45) is 5.92 Å². The van der Waals surface area contributed by atoms with Crippen LogP contribution >= 0.6 is 0 Å². The summed E-state index contributed by atoms with van der Waals surface area (Å²) >= 11 is 0.